The third-order valence-electron chi connectivity index (χ3n) is 18.1. The fourth-order valence-electron chi connectivity index (χ4n) is 12.1. The Morgan fingerprint density at radius 1 is 0.326 bits per heavy atom. The highest BCUT2D eigenvalue weighted by molar-refractivity contribution is 5.76. The molecule has 0 heterocycles. The number of aliphatic hydroxyl groups excluding tert-OH is 2. The normalized spacial score (nSPS) is 12.7. The van der Waals surface area contributed by atoms with Crippen molar-refractivity contribution in [2.45, 2.75) is 437 Å². The summed E-state index contributed by atoms with van der Waals surface area (Å²) < 4.78 is 5.47. The molecule has 1 amide bonds. The highest BCUT2D eigenvalue weighted by atomic mass is 16.5. The van der Waals surface area contributed by atoms with Crippen LogP contribution in [0.2, 0.25) is 0 Å². The molecule has 86 heavy (non-hydrogen) atoms. The van der Waals surface area contributed by atoms with Gasteiger partial charge in [-0.2, -0.15) is 0 Å². The molecule has 3 N–H and O–H groups in total. The first-order chi connectivity index (χ1) is 42.5. The first-order valence-corrected chi connectivity index (χ1v) is 38.9. The van der Waals surface area contributed by atoms with Crippen LogP contribution in [0.1, 0.15) is 425 Å². The molecule has 6 nitrogen and oxygen atoms in total. The van der Waals surface area contributed by atoms with Gasteiger partial charge >= 0.3 is 5.97 Å². The monoisotopic (exact) mass is 1210 g/mol. The number of carbonyl (C=O) groups excluding carboxylic acids is 2. The third kappa shape index (κ3) is 70.9. The molecular formula is C80H151NO5. The summed E-state index contributed by atoms with van der Waals surface area (Å²) in [7, 11) is 0. The van der Waals surface area contributed by atoms with Crippen LogP contribution < -0.4 is 5.32 Å². The molecule has 0 aromatic rings. The highest BCUT2D eigenvalue weighted by Crippen LogP contribution is 2.19. The molecule has 6 heteroatoms. The van der Waals surface area contributed by atoms with Gasteiger partial charge in [0.2, 0.25) is 5.91 Å². The fourth-order valence-corrected chi connectivity index (χ4v) is 12.1. The van der Waals surface area contributed by atoms with Crippen molar-refractivity contribution in [1.82, 2.24) is 5.32 Å². The van der Waals surface area contributed by atoms with Gasteiger partial charge < -0.3 is 20.3 Å². The molecule has 0 rings (SSSR count). The van der Waals surface area contributed by atoms with Crippen LogP contribution in [0.25, 0.3) is 0 Å². The minimum Gasteiger partial charge on any atom is -0.466 e. The standard InChI is InChI=1S/C80H151NO5/c1-3-5-7-9-11-13-15-17-18-19-20-21-22-34-37-40-43-46-49-52-56-60-64-68-72-78(83)77(76-82)81-79(84)73-69-65-61-57-53-50-47-44-41-38-35-32-30-28-26-24-23-25-27-29-31-33-36-39-42-45-48-51-55-59-63-67-71-75-86-80(85)74-70-66-62-58-54-16-14-12-10-8-6-4-2/h12,14,27,29,33,36,68,72,77-78,82-83H,3-11,13,15-26,28,30-32,34-35,37-67,69-71,73-76H2,1-2H3,(H,81,84)/b14-12-,29-27-,36-33-,72-68+. The molecule has 0 radical (unpaired) electrons. The van der Waals surface area contributed by atoms with E-state index in [-0.39, 0.29) is 18.5 Å². The van der Waals surface area contributed by atoms with Gasteiger partial charge in [-0.05, 0) is 89.9 Å². The summed E-state index contributed by atoms with van der Waals surface area (Å²) >= 11 is 0. The van der Waals surface area contributed by atoms with E-state index in [0.29, 0.717) is 19.4 Å². The summed E-state index contributed by atoms with van der Waals surface area (Å²) in [5.41, 5.74) is 0. The summed E-state index contributed by atoms with van der Waals surface area (Å²) in [4.78, 5) is 24.6. The SMILES string of the molecule is CCCCC/C=C\CCCCCCCC(=O)OCCCCCCCCCCC/C=C\C/C=C\CCCCCCCCCCCCCCCCCCCC(=O)NC(CO)C(O)/C=C/CCCCCCCCCCCCCCCCCCCCCCCC. The summed E-state index contributed by atoms with van der Waals surface area (Å²) in [5, 5.41) is 23.3. The molecule has 0 saturated heterocycles. The topological polar surface area (TPSA) is 95.9 Å². The van der Waals surface area contributed by atoms with Gasteiger partial charge in [0.1, 0.15) is 0 Å². The molecule has 0 fully saturated rings. The smallest absolute Gasteiger partial charge is 0.305 e. The van der Waals surface area contributed by atoms with Gasteiger partial charge in [0.25, 0.3) is 0 Å². The molecule has 0 spiro atoms. The summed E-state index contributed by atoms with van der Waals surface area (Å²) in [6.07, 6.45) is 99.4. The van der Waals surface area contributed by atoms with Crippen LogP contribution in [0.4, 0.5) is 0 Å². The number of hydrogen-bond acceptors (Lipinski definition) is 5. The number of nitrogens with one attached hydrogen (secondary N) is 1. The Kier molecular flexibility index (Phi) is 73.4. The van der Waals surface area contributed by atoms with E-state index in [1.807, 2.05) is 6.08 Å². The second kappa shape index (κ2) is 75.3. The molecule has 2 unspecified atom stereocenters. The minimum atomic E-state index is -0.845. The highest BCUT2D eigenvalue weighted by Gasteiger charge is 2.18. The number of unbranched alkanes of at least 4 members (excludes halogenated alkanes) is 56. The lowest BCUT2D eigenvalue weighted by molar-refractivity contribution is -0.143. The molecule has 506 valence electrons. The fraction of sp³-hybridized carbons (Fsp3) is 0.875. The van der Waals surface area contributed by atoms with E-state index in [2.05, 4.69) is 55.6 Å². The largest absolute Gasteiger partial charge is 0.466 e. The van der Waals surface area contributed by atoms with Crippen molar-refractivity contribution in [2.75, 3.05) is 13.2 Å². The van der Waals surface area contributed by atoms with Crippen molar-refractivity contribution in [3.05, 3.63) is 48.6 Å². The van der Waals surface area contributed by atoms with E-state index in [1.165, 1.54) is 347 Å². The number of ether oxygens (including phenoxy) is 1. The number of rotatable bonds is 73. The average molecular weight is 1210 g/mol. The average Bonchev–Trinajstić information content (AvgIpc) is 3.54. The zero-order valence-corrected chi connectivity index (χ0v) is 58.1. The van der Waals surface area contributed by atoms with Crippen LogP contribution in [0.15, 0.2) is 48.6 Å². The number of aliphatic hydroxyl groups is 2. The van der Waals surface area contributed by atoms with Gasteiger partial charge in [-0.3, -0.25) is 9.59 Å². The van der Waals surface area contributed by atoms with Gasteiger partial charge in [-0.25, -0.2) is 0 Å². The lowest BCUT2D eigenvalue weighted by Gasteiger charge is -2.20. The number of carbonyl (C=O) groups is 2. The van der Waals surface area contributed by atoms with Crippen LogP contribution in [0.5, 0.6) is 0 Å². The van der Waals surface area contributed by atoms with Gasteiger partial charge in [-0.1, -0.05) is 371 Å². The van der Waals surface area contributed by atoms with Gasteiger partial charge in [0, 0.05) is 12.8 Å². The molecule has 0 aromatic heterocycles. The van der Waals surface area contributed by atoms with E-state index in [0.717, 1.165) is 51.4 Å². The second-order valence-electron chi connectivity index (χ2n) is 26.7. The zero-order chi connectivity index (χ0) is 62.0. The van der Waals surface area contributed by atoms with Gasteiger partial charge in [-0.15, -0.1) is 0 Å². The third-order valence-corrected chi connectivity index (χ3v) is 18.1. The predicted octanol–water partition coefficient (Wildman–Crippen LogP) is 25.6. The maximum absolute atomic E-state index is 12.6. The van der Waals surface area contributed by atoms with E-state index >= 15 is 0 Å². The van der Waals surface area contributed by atoms with Crippen LogP contribution in [0.3, 0.4) is 0 Å². The maximum atomic E-state index is 12.6. The van der Waals surface area contributed by atoms with Crippen LogP contribution in [-0.4, -0.2) is 47.4 Å². The first-order valence-electron chi connectivity index (χ1n) is 38.9. The van der Waals surface area contributed by atoms with E-state index in [1.54, 1.807) is 6.08 Å². The predicted molar refractivity (Wildman–Crippen MR) is 379 cm³/mol. The Morgan fingerprint density at radius 3 is 0.919 bits per heavy atom. The number of esters is 1. The lowest BCUT2D eigenvalue weighted by Crippen LogP contribution is -2.45. The van der Waals surface area contributed by atoms with Crippen LogP contribution >= 0.6 is 0 Å². The lowest BCUT2D eigenvalue weighted by atomic mass is 10.0. The summed E-state index contributed by atoms with van der Waals surface area (Å²) in [6.45, 7) is 4.91. The van der Waals surface area contributed by atoms with E-state index in [4.69, 9.17) is 4.74 Å². The van der Waals surface area contributed by atoms with Gasteiger partial charge in [0.05, 0.1) is 25.4 Å². The quantitative estimate of drug-likeness (QED) is 0.0320. The minimum absolute atomic E-state index is 0.00410. The Balaban J connectivity index is 3.41. The number of amides is 1. The molecule has 0 aliphatic carbocycles. The summed E-state index contributed by atoms with van der Waals surface area (Å²) in [6, 6.07) is -0.629. The molecule has 0 aromatic carbocycles. The van der Waals surface area contributed by atoms with E-state index < -0.39 is 12.1 Å². The maximum Gasteiger partial charge on any atom is 0.305 e. The molecular weight excluding hydrogens is 1050 g/mol. The Labute approximate surface area is 537 Å². The molecule has 0 saturated carbocycles. The zero-order valence-electron chi connectivity index (χ0n) is 58.1. The van der Waals surface area contributed by atoms with E-state index in [9.17, 15) is 19.8 Å². The van der Waals surface area contributed by atoms with Crippen molar-refractivity contribution in [1.29, 1.82) is 0 Å². The Morgan fingerprint density at radius 2 is 0.581 bits per heavy atom. The second-order valence-corrected chi connectivity index (χ2v) is 26.7. The Hall–Kier alpha value is -2.18. The van der Waals surface area contributed by atoms with Crippen molar-refractivity contribution < 1.29 is 24.5 Å². The van der Waals surface area contributed by atoms with Crippen molar-refractivity contribution >= 4 is 11.9 Å². The number of allylic oxidation sites excluding steroid dienone is 7. The van der Waals surface area contributed by atoms with Crippen molar-refractivity contribution in [3.8, 4) is 0 Å². The molecule has 0 aliphatic heterocycles. The molecule has 0 aliphatic rings. The van der Waals surface area contributed by atoms with Gasteiger partial charge in [0.15, 0.2) is 0 Å². The van der Waals surface area contributed by atoms with Crippen molar-refractivity contribution in [3.63, 3.8) is 0 Å². The molecule has 2 atom stereocenters. The molecule has 0 bridgehead atoms. The first kappa shape index (κ1) is 83.8. The number of hydrogen-bond donors (Lipinski definition) is 3. The van der Waals surface area contributed by atoms with Crippen LogP contribution in [-0.2, 0) is 14.3 Å². The van der Waals surface area contributed by atoms with Crippen LogP contribution in [0, 0.1) is 0 Å². The summed E-state index contributed by atoms with van der Waals surface area (Å²) in [5.74, 6) is -0.0576. The van der Waals surface area contributed by atoms with Crippen molar-refractivity contribution in [2.24, 2.45) is 0 Å². The Bertz CT molecular complexity index is 1440.